The summed E-state index contributed by atoms with van der Waals surface area (Å²) in [5.41, 5.74) is 2.23. The van der Waals surface area contributed by atoms with Crippen LogP contribution in [0.1, 0.15) is 6.42 Å². The van der Waals surface area contributed by atoms with E-state index in [1.165, 1.54) is 6.33 Å². The van der Waals surface area contributed by atoms with E-state index in [9.17, 15) is 0 Å². The Morgan fingerprint density at radius 3 is 3.04 bits per heavy atom. The van der Waals surface area contributed by atoms with Crippen molar-refractivity contribution in [3.63, 3.8) is 0 Å². The van der Waals surface area contributed by atoms with Crippen molar-refractivity contribution in [2.75, 3.05) is 13.1 Å². The molecule has 130 valence electrons. The summed E-state index contributed by atoms with van der Waals surface area (Å²) in [6, 6.07) is 9.37. The molecule has 1 aromatic carbocycles. The van der Waals surface area contributed by atoms with E-state index in [0.717, 1.165) is 30.4 Å². The Labute approximate surface area is 148 Å². The topological polar surface area (TPSA) is 97.8 Å². The van der Waals surface area contributed by atoms with E-state index in [1.54, 1.807) is 6.20 Å². The minimum Gasteiger partial charge on any atom is -0.473 e. The second-order valence-corrected chi connectivity index (χ2v) is 6.15. The third-order valence-corrected chi connectivity index (χ3v) is 4.35. The van der Waals surface area contributed by atoms with Crippen molar-refractivity contribution in [2.45, 2.75) is 12.5 Å². The molecule has 8 nitrogen and oxygen atoms in total. The highest BCUT2D eigenvalue weighted by Crippen LogP contribution is 2.28. The lowest BCUT2D eigenvalue weighted by atomic mass is 10.2. The molecule has 0 aliphatic carbocycles. The highest BCUT2D eigenvalue weighted by Gasteiger charge is 2.17. The zero-order valence-electron chi connectivity index (χ0n) is 13.8. The summed E-state index contributed by atoms with van der Waals surface area (Å²) in [5.74, 6) is 1.61. The molecule has 0 saturated carbocycles. The summed E-state index contributed by atoms with van der Waals surface area (Å²) in [6.45, 7) is 1.80. The van der Waals surface area contributed by atoms with Crippen LogP contribution in [-0.2, 0) is 0 Å². The SMILES string of the molecule is c1nc(Oc2ccc3[nH]ncc3c2)c2nc(O[C@H]3CCNC3)ccc2n1. The molecular weight excluding hydrogens is 332 g/mol. The molecule has 0 amide bonds. The van der Waals surface area contributed by atoms with Crippen LogP contribution in [0.15, 0.2) is 42.9 Å². The van der Waals surface area contributed by atoms with Crippen molar-refractivity contribution >= 4 is 21.9 Å². The van der Waals surface area contributed by atoms with E-state index < -0.39 is 0 Å². The molecule has 1 fully saturated rings. The molecule has 2 N–H and O–H groups in total. The molecule has 4 aromatic rings. The number of H-pyrrole nitrogens is 1. The molecule has 0 unspecified atom stereocenters. The maximum Gasteiger partial charge on any atom is 0.249 e. The first-order valence-electron chi connectivity index (χ1n) is 8.45. The first-order chi connectivity index (χ1) is 12.8. The van der Waals surface area contributed by atoms with Gasteiger partial charge in [-0.15, -0.1) is 0 Å². The van der Waals surface area contributed by atoms with E-state index in [4.69, 9.17) is 9.47 Å². The summed E-state index contributed by atoms with van der Waals surface area (Å²) in [7, 11) is 0. The fraction of sp³-hybridized carbons (Fsp3) is 0.222. The van der Waals surface area contributed by atoms with Crippen LogP contribution >= 0.6 is 0 Å². The number of nitrogens with zero attached hydrogens (tertiary/aromatic N) is 4. The number of nitrogens with one attached hydrogen (secondary N) is 2. The van der Waals surface area contributed by atoms with E-state index in [0.29, 0.717) is 28.5 Å². The van der Waals surface area contributed by atoms with Crippen molar-refractivity contribution in [3.05, 3.63) is 42.9 Å². The first kappa shape index (κ1) is 15.0. The van der Waals surface area contributed by atoms with Crippen LogP contribution in [0.4, 0.5) is 0 Å². The average molecular weight is 348 g/mol. The number of pyridine rings is 1. The van der Waals surface area contributed by atoms with Crippen LogP contribution in [0.3, 0.4) is 0 Å². The minimum absolute atomic E-state index is 0.137. The Morgan fingerprint density at radius 1 is 1.12 bits per heavy atom. The zero-order valence-corrected chi connectivity index (χ0v) is 13.8. The maximum atomic E-state index is 5.97. The maximum absolute atomic E-state index is 5.97. The predicted octanol–water partition coefficient (Wildman–Crippen LogP) is 2.43. The van der Waals surface area contributed by atoms with Gasteiger partial charge in [0.2, 0.25) is 11.8 Å². The largest absolute Gasteiger partial charge is 0.473 e. The van der Waals surface area contributed by atoms with Gasteiger partial charge in [-0.05, 0) is 37.2 Å². The van der Waals surface area contributed by atoms with Gasteiger partial charge in [0.15, 0.2) is 5.52 Å². The third kappa shape index (κ3) is 2.80. The molecule has 0 radical (unpaired) electrons. The molecule has 26 heavy (non-hydrogen) atoms. The summed E-state index contributed by atoms with van der Waals surface area (Å²) in [5, 5.41) is 11.2. The van der Waals surface area contributed by atoms with Crippen LogP contribution in [0.25, 0.3) is 21.9 Å². The number of aromatic nitrogens is 5. The standard InChI is InChI=1S/C18H16N6O2/c1-2-14-11(8-22-24-14)7-12(1)26-18-17-15(20-10-21-18)3-4-16(23-17)25-13-5-6-19-9-13/h1-4,7-8,10,13,19H,5-6,9H2,(H,22,24)/t13-/m0/s1. The normalized spacial score (nSPS) is 17.0. The van der Waals surface area contributed by atoms with Crippen molar-refractivity contribution < 1.29 is 9.47 Å². The van der Waals surface area contributed by atoms with E-state index >= 15 is 0 Å². The van der Waals surface area contributed by atoms with Crippen LogP contribution in [0.5, 0.6) is 17.5 Å². The fourth-order valence-corrected chi connectivity index (χ4v) is 3.04. The van der Waals surface area contributed by atoms with Crippen LogP contribution in [0, 0.1) is 0 Å². The molecule has 5 rings (SSSR count). The second-order valence-electron chi connectivity index (χ2n) is 6.15. The lowest BCUT2D eigenvalue weighted by Gasteiger charge is -2.12. The highest BCUT2D eigenvalue weighted by molar-refractivity contribution is 5.81. The third-order valence-electron chi connectivity index (χ3n) is 4.35. The molecular formula is C18H16N6O2. The molecule has 3 aromatic heterocycles. The van der Waals surface area contributed by atoms with Crippen molar-refractivity contribution in [2.24, 2.45) is 0 Å². The van der Waals surface area contributed by atoms with E-state index in [1.807, 2.05) is 30.3 Å². The number of hydrogen-bond donors (Lipinski definition) is 2. The Bertz CT molecular complexity index is 1070. The van der Waals surface area contributed by atoms with E-state index in [-0.39, 0.29) is 6.10 Å². The van der Waals surface area contributed by atoms with Gasteiger partial charge >= 0.3 is 0 Å². The van der Waals surface area contributed by atoms with Gasteiger partial charge in [0.1, 0.15) is 18.2 Å². The number of aromatic amines is 1. The lowest BCUT2D eigenvalue weighted by molar-refractivity contribution is 0.214. The van der Waals surface area contributed by atoms with Crippen molar-refractivity contribution in [1.82, 2.24) is 30.5 Å². The lowest BCUT2D eigenvalue weighted by Crippen LogP contribution is -2.20. The first-order valence-corrected chi connectivity index (χ1v) is 8.45. The highest BCUT2D eigenvalue weighted by atomic mass is 16.5. The summed E-state index contributed by atoms with van der Waals surface area (Å²) < 4.78 is 11.9. The molecule has 1 aliphatic rings. The van der Waals surface area contributed by atoms with Gasteiger partial charge in [0.05, 0.1) is 17.2 Å². The van der Waals surface area contributed by atoms with Crippen LogP contribution in [0.2, 0.25) is 0 Å². The van der Waals surface area contributed by atoms with Crippen LogP contribution < -0.4 is 14.8 Å². The molecule has 4 heterocycles. The molecule has 0 spiro atoms. The van der Waals surface area contributed by atoms with Crippen LogP contribution in [-0.4, -0.2) is 44.3 Å². The number of rotatable bonds is 4. The van der Waals surface area contributed by atoms with Gasteiger partial charge in [-0.25, -0.2) is 9.97 Å². The van der Waals surface area contributed by atoms with Crippen molar-refractivity contribution in [3.8, 4) is 17.5 Å². The molecule has 1 aliphatic heterocycles. The monoisotopic (exact) mass is 348 g/mol. The molecule has 0 bridgehead atoms. The Kier molecular flexibility index (Phi) is 3.60. The zero-order chi connectivity index (χ0) is 17.3. The Hall–Kier alpha value is -3.26. The smallest absolute Gasteiger partial charge is 0.249 e. The fourth-order valence-electron chi connectivity index (χ4n) is 3.04. The average Bonchev–Trinajstić information content (AvgIpc) is 3.33. The number of fused-ring (bicyclic) bond motifs is 2. The van der Waals surface area contributed by atoms with Gasteiger partial charge in [0.25, 0.3) is 0 Å². The van der Waals surface area contributed by atoms with Gasteiger partial charge in [-0.2, -0.15) is 10.1 Å². The van der Waals surface area contributed by atoms with Gasteiger partial charge in [-0.3, -0.25) is 5.10 Å². The predicted molar refractivity (Wildman–Crippen MR) is 95.4 cm³/mol. The molecule has 1 saturated heterocycles. The van der Waals surface area contributed by atoms with Gasteiger partial charge in [-0.1, -0.05) is 0 Å². The number of ether oxygens (including phenoxy) is 2. The Morgan fingerprint density at radius 2 is 2.12 bits per heavy atom. The van der Waals surface area contributed by atoms with E-state index in [2.05, 4.69) is 30.5 Å². The Balaban J connectivity index is 1.49. The molecule has 8 heteroatoms. The second kappa shape index (κ2) is 6.23. The number of hydrogen-bond acceptors (Lipinski definition) is 7. The quantitative estimate of drug-likeness (QED) is 0.584. The van der Waals surface area contributed by atoms with Crippen molar-refractivity contribution in [1.29, 1.82) is 0 Å². The minimum atomic E-state index is 0.137. The van der Waals surface area contributed by atoms with Gasteiger partial charge < -0.3 is 14.8 Å². The summed E-state index contributed by atoms with van der Waals surface area (Å²) >= 11 is 0. The summed E-state index contributed by atoms with van der Waals surface area (Å²) in [4.78, 5) is 13.1. The number of benzene rings is 1. The van der Waals surface area contributed by atoms with Gasteiger partial charge in [0, 0.05) is 18.0 Å². The molecule has 1 atom stereocenters. The summed E-state index contributed by atoms with van der Waals surface area (Å²) in [6.07, 6.45) is 4.33.